The molecule has 0 amide bonds. The molecule has 2 aromatic heterocycles. The molecule has 1 fully saturated rings. The zero-order chi connectivity index (χ0) is 42.3. The van der Waals surface area contributed by atoms with Gasteiger partial charge in [-0.25, -0.2) is 0 Å². The SMILES string of the molecule is Cc1ccc(CN(CC(O)COc2cccc3[nH]ccc23)C(C)(C)C)cc1.Cc1ccc(CN(CC2CO2)C(C)(C)C)cc1.O=CO[O-].Oc1cccc2[nH]ccc12.[H-].[K+].[K+]. The average molecular weight is 873 g/mol. The van der Waals surface area contributed by atoms with Crippen LogP contribution < -0.4 is 113 Å². The first-order chi connectivity index (χ1) is 27.6. The number of aromatic nitrogens is 2. The molecule has 314 valence electrons. The second kappa shape index (κ2) is 26.7. The molecule has 0 saturated carbocycles. The number of nitrogens with one attached hydrogen (secondary N) is 2. The van der Waals surface area contributed by atoms with Gasteiger partial charge in [0.15, 0.2) is 0 Å². The van der Waals surface area contributed by atoms with E-state index in [1.807, 2.05) is 54.9 Å². The molecule has 4 N–H and O–H groups in total. The van der Waals surface area contributed by atoms with Crippen LogP contribution in [-0.4, -0.2) is 86.0 Å². The van der Waals surface area contributed by atoms with E-state index in [-0.39, 0.29) is 128 Å². The normalized spacial score (nSPS) is 13.6. The van der Waals surface area contributed by atoms with Crippen molar-refractivity contribution in [3.05, 3.63) is 132 Å². The van der Waals surface area contributed by atoms with E-state index in [2.05, 4.69) is 129 Å². The Bertz CT molecular complexity index is 2110. The monoisotopic (exact) mass is 872 g/mol. The third-order valence-electron chi connectivity index (χ3n) is 9.74. The molecule has 13 heteroatoms. The number of carbonyl (C=O) groups is 1. The minimum Gasteiger partial charge on any atom is -1.00 e. The quantitative estimate of drug-likeness (QED) is 0.0477. The number of aliphatic hydroxyl groups is 1. The minimum absolute atomic E-state index is 0. The molecular formula is C47H62K2N4O7. The van der Waals surface area contributed by atoms with Crippen molar-refractivity contribution in [1.82, 2.24) is 19.8 Å². The maximum atomic E-state index is 10.6. The van der Waals surface area contributed by atoms with Crippen LogP contribution in [0, 0.1) is 13.8 Å². The third-order valence-corrected chi connectivity index (χ3v) is 9.74. The van der Waals surface area contributed by atoms with Crippen LogP contribution in [0.15, 0.2) is 109 Å². The fourth-order valence-electron chi connectivity index (χ4n) is 6.14. The van der Waals surface area contributed by atoms with E-state index in [1.165, 1.54) is 22.3 Å². The number of phenolic OH excluding ortho intramolecular Hbond substituents is 1. The second-order valence-electron chi connectivity index (χ2n) is 16.6. The number of aryl methyl sites for hydroxylation is 2. The molecule has 60 heavy (non-hydrogen) atoms. The van der Waals surface area contributed by atoms with Crippen molar-refractivity contribution in [2.75, 3.05) is 26.3 Å². The van der Waals surface area contributed by atoms with Gasteiger partial charge in [0.25, 0.3) is 6.47 Å². The van der Waals surface area contributed by atoms with Crippen molar-refractivity contribution in [2.45, 2.75) is 91.8 Å². The van der Waals surface area contributed by atoms with Gasteiger partial charge in [0, 0.05) is 71.5 Å². The Hall–Kier alpha value is -1.90. The number of hydrogen-bond acceptors (Lipinski definition) is 9. The van der Waals surface area contributed by atoms with Crippen LogP contribution in [0.4, 0.5) is 0 Å². The van der Waals surface area contributed by atoms with Gasteiger partial charge in [-0.1, -0.05) is 71.8 Å². The Balaban J connectivity index is 0.000000467. The summed E-state index contributed by atoms with van der Waals surface area (Å²) in [6.07, 6.45) is 3.60. The first-order valence-electron chi connectivity index (χ1n) is 19.6. The fraction of sp³-hybridized carbons (Fsp3) is 0.383. The first-order valence-corrected chi connectivity index (χ1v) is 19.6. The van der Waals surface area contributed by atoms with Crippen molar-refractivity contribution in [2.24, 2.45) is 0 Å². The Morgan fingerprint density at radius 2 is 1.25 bits per heavy atom. The number of benzene rings is 4. The first kappa shape index (κ1) is 54.2. The molecule has 7 rings (SSSR count). The van der Waals surface area contributed by atoms with Crippen LogP contribution in [0.25, 0.3) is 21.8 Å². The number of epoxide rings is 1. The molecular weight excluding hydrogens is 811 g/mol. The van der Waals surface area contributed by atoms with Crippen LogP contribution in [0.5, 0.6) is 11.5 Å². The Kier molecular flexibility index (Phi) is 24.1. The molecule has 2 unspecified atom stereocenters. The van der Waals surface area contributed by atoms with Crippen LogP contribution in [0.1, 0.15) is 65.2 Å². The van der Waals surface area contributed by atoms with Crippen LogP contribution in [0.3, 0.4) is 0 Å². The number of rotatable bonds is 12. The van der Waals surface area contributed by atoms with Gasteiger partial charge in [0.2, 0.25) is 0 Å². The molecule has 11 nitrogen and oxygen atoms in total. The number of hydrogen-bond donors (Lipinski definition) is 4. The summed E-state index contributed by atoms with van der Waals surface area (Å²) < 4.78 is 11.3. The summed E-state index contributed by atoms with van der Waals surface area (Å²) in [5.74, 6) is 1.13. The van der Waals surface area contributed by atoms with E-state index >= 15 is 0 Å². The Labute approximate surface area is 442 Å². The maximum absolute atomic E-state index is 10.6. The van der Waals surface area contributed by atoms with Crippen molar-refractivity contribution < 1.29 is 139 Å². The van der Waals surface area contributed by atoms with Crippen LogP contribution in [-0.2, 0) is 27.5 Å². The molecule has 1 aliphatic heterocycles. The van der Waals surface area contributed by atoms with E-state index in [4.69, 9.17) is 19.5 Å². The predicted octanol–water partition coefficient (Wildman–Crippen LogP) is 1.94. The van der Waals surface area contributed by atoms with Gasteiger partial charge in [-0.3, -0.25) is 14.6 Å². The van der Waals surface area contributed by atoms with Crippen molar-refractivity contribution >= 4 is 28.3 Å². The molecule has 6 aromatic rings. The van der Waals surface area contributed by atoms with E-state index in [1.54, 1.807) is 6.07 Å². The topological polar surface area (TPSA) is 150 Å². The number of H-pyrrole nitrogens is 2. The van der Waals surface area contributed by atoms with E-state index < -0.39 is 6.10 Å². The number of phenols is 1. The molecule has 0 radical (unpaired) electrons. The number of aromatic hydroxyl groups is 1. The summed E-state index contributed by atoms with van der Waals surface area (Å²) in [4.78, 5) is 22.2. The summed E-state index contributed by atoms with van der Waals surface area (Å²) in [7, 11) is 0. The standard InChI is InChI=1S/C23H30N2O2.C15H23NO.C8H7NO.CH2O3.2K.H/c1-17-8-10-18(11-9-17)14-25(23(2,3)4)15-19(26)16-27-22-7-5-6-21-20(22)12-13-24-21;1-12-5-7-13(8-6-12)9-16(15(2,3)4)10-14-11-17-14;10-8-3-1-2-7-6(8)4-5-9-7;2-1-4-3;;;/h5-13,19,24,26H,14-16H2,1-4H3;5-8,14H,9-11H2,1-4H3;1-5,9-10H;1,3H;;;/q;;;;2*+1;-1/p-1. The molecule has 0 aliphatic carbocycles. The number of aromatic amines is 2. The van der Waals surface area contributed by atoms with Crippen molar-refractivity contribution in [1.29, 1.82) is 0 Å². The number of β-amino-alcohol motifs (C(OH)–C–C–N with tert-alkyl or cyclic N) is 1. The van der Waals surface area contributed by atoms with Gasteiger partial charge < -0.3 is 41.2 Å². The zero-order valence-electron chi connectivity index (χ0n) is 38.2. The third kappa shape index (κ3) is 18.8. The van der Waals surface area contributed by atoms with E-state index in [0.717, 1.165) is 53.8 Å². The van der Waals surface area contributed by atoms with E-state index in [0.29, 0.717) is 18.4 Å². The maximum Gasteiger partial charge on any atom is 1.00 e. The van der Waals surface area contributed by atoms with Gasteiger partial charge in [0.05, 0.1) is 12.7 Å². The zero-order valence-corrected chi connectivity index (χ0v) is 43.4. The number of fused-ring (bicyclic) bond motifs is 2. The minimum atomic E-state index is -0.566. The number of ether oxygens (including phenoxy) is 2. The predicted molar refractivity (Wildman–Crippen MR) is 230 cm³/mol. The van der Waals surface area contributed by atoms with Crippen LogP contribution in [0.2, 0.25) is 0 Å². The summed E-state index contributed by atoms with van der Waals surface area (Å²) in [6.45, 7) is 22.0. The second-order valence-corrected chi connectivity index (χ2v) is 16.6. The van der Waals surface area contributed by atoms with Gasteiger partial charge >= 0.3 is 103 Å². The summed E-state index contributed by atoms with van der Waals surface area (Å²) in [6, 6.07) is 32.6. The van der Waals surface area contributed by atoms with Crippen LogP contribution >= 0.6 is 0 Å². The largest absolute Gasteiger partial charge is 1.00 e. The molecule has 3 heterocycles. The number of nitrogens with zero attached hydrogens (tertiary/aromatic N) is 2. The summed E-state index contributed by atoms with van der Waals surface area (Å²) >= 11 is 0. The Morgan fingerprint density at radius 3 is 1.72 bits per heavy atom. The van der Waals surface area contributed by atoms with Gasteiger partial charge in [-0.2, -0.15) is 0 Å². The van der Waals surface area contributed by atoms with Crippen molar-refractivity contribution in [3.63, 3.8) is 0 Å². The fourth-order valence-corrected chi connectivity index (χ4v) is 6.14. The van der Waals surface area contributed by atoms with Gasteiger partial charge in [-0.15, -0.1) is 0 Å². The number of carbonyl (C=O) groups excluding carboxylic acids is 1. The molecule has 2 atom stereocenters. The van der Waals surface area contributed by atoms with Gasteiger partial charge in [-0.05, 0) is 103 Å². The summed E-state index contributed by atoms with van der Waals surface area (Å²) in [5, 5.41) is 30.2. The Morgan fingerprint density at radius 1 is 0.783 bits per heavy atom. The molecule has 4 aromatic carbocycles. The van der Waals surface area contributed by atoms with Gasteiger partial charge in [0.1, 0.15) is 24.2 Å². The smallest absolute Gasteiger partial charge is 1.00 e. The number of aliphatic hydroxyl groups excluding tert-OH is 1. The summed E-state index contributed by atoms with van der Waals surface area (Å²) in [5.41, 5.74) is 7.36. The van der Waals surface area contributed by atoms with E-state index in [9.17, 15) is 10.2 Å². The molecule has 0 bridgehead atoms. The van der Waals surface area contributed by atoms with Crippen molar-refractivity contribution in [3.8, 4) is 11.5 Å². The average Bonchev–Trinajstić information content (AvgIpc) is 3.63. The molecule has 1 aliphatic rings. The molecule has 1 saturated heterocycles. The molecule has 0 spiro atoms.